The lowest BCUT2D eigenvalue weighted by Gasteiger charge is -2.19. The number of carboxylic acids is 1. The lowest BCUT2D eigenvalue weighted by atomic mass is 10.2. The average molecular weight is 291 g/mol. The summed E-state index contributed by atoms with van der Waals surface area (Å²) in [5.41, 5.74) is -0.516. The maximum atomic E-state index is 11.4. The van der Waals surface area contributed by atoms with E-state index >= 15 is 0 Å². The number of ether oxygens (including phenoxy) is 1. The third kappa shape index (κ3) is 10.4. The van der Waals surface area contributed by atoms with Crippen LogP contribution in [-0.2, 0) is 19.1 Å². The molecule has 6 nitrogen and oxygen atoms in total. The summed E-state index contributed by atoms with van der Waals surface area (Å²) in [7, 11) is 0. The minimum Gasteiger partial charge on any atom is -0.480 e. The molecule has 19 heavy (non-hydrogen) atoms. The summed E-state index contributed by atoms with van der Waals surface area (Å²) in [6, 6.07) is -0.913. The number of rotatable bonds is 7. The summed E-state index contributed by atoms with van der Waals surface area (Å²) in [5.74, 6) is -1.17. The van der Waals surface area contributed by atoms with E-state index in [9.17, 15) is 14.4 Å². The van der Waals surface area contributed by atoms with Crippen molar-refractivity contribution < 1.29 is 24.2 Å². The van der Waals surface area contributed by atoms with E-state index in [0.29, 0.717) is 5.75 Å². The number of hydrogen-bond donors (Lipinski definition) is 2. The zero-order chi connectivity index (χ0) is 15.1. The molecule has 0 aliphatic carbocycles. The van der Waals surface area contributed by atoms with E-state index in [4.69, 9.17) is 9.84 Å². The molecular weight excluding hydrogens is 270 g/mol. The van der Waals surface area contributed by atoms with Crippen LogP contribution in [-0.4, -0.2) is 46.1 Å². The van der Waals surface area contributed by atoms with Gasteiger partial charge in [0.05, 0.1) is 5.75 Å². The molecule has 0 bridgehead atoms. The molecule has 1 unspecified atom stereocenters. The van der Waals surface area contributed by atoms with Crippen LogP contribution in [0.5, 0.6) is 0 Å². The molecule has 0 saturated carbocycles. The van der Waals surface area contributed by atoms with Crippen molar-refractivity contribution in [3.05, 3.63) is 0 Å². The Hall–Kier alpha value is -1.24. The smallest absolute Gasteiger partial charge is 0.326 e. The first-order chi connectivity index (χ1) is 8.61. The number of nitrogens with one attached hydrogen (secondary N) is 1. The predicted molar refractivity (Wildman–Crippen MR) is 73.0 cm³/mol. The highest BCUT2D eigenvalue weighted by Gasteiger charge is 2.19. The fourth-order valence-electron chi connectivity index (χ4n) is 1.23. The van der Waals surface area contributed by atoms with Crippen LogP contribution in [0.25, 0.3) is 0 Å². The molecule has 0 rings (SSSR count). The van der Waals surface area contributed by atoms with Crippen molar-refractivity contribution in [1.29, 1.82) is 0 Å². The van der Waals surface area contributed by atoms with Crippen molar-refractivity contribution in [2.45, 2.75) is 45.8 Å². The van der Waals surface area contributed by atoms with Crippen LogP contribution >= 0.6 is 11.8 Å². The maximum absolute atomic E-state index is 11.4. The van der Waals surface area contributed by atoms with Gasteiger partial charge in [0.25, 0.3) is 0 Å². The van der Waals surface area contributed by atoms with Gasteiger partial charge in [0.1, 0.15) is 11.6 Å². The molecule has 1 amide bonds. The summed E-state index contributed by atoms with van der Waals surface area (Å²) < 4.78 is 5.11. The fraction of sp³-hybridized carbons (Fsp3) is 0.750. The highest BCUT2D eigenvalue weighted by atomic mass is 32.2. The summed E-state index contributed by atoms with van der Waals surface area (Å²) in [6.45, 7) is 6.62. The Kier molecular flexibility index (Phi) is 7.51. The summed E-state index contributed by atoms with van der Waals surface area (Å²) >= 11 is 1.29. The summed E-state index contributed by atoms with van der Waals surface area (Å²) in [4.78, 5) is 33.0. The first-order valence-corrected chi connectivity index (χ1v) is 7.07. The largest absolute Gasteiger partial charge is 0.480 e. The number of esters is 1. The van der Waals surface area contributed by atoms with Gasteiger partial charge in [-0.15, -0.1) is 0 Å². The number of carbonyl (C=O) groups is 3. The molecule has 0 fully saturated rings. The second kappa shape index (κ2) is 8.04. The highest BCUT2D eigenvalue weighted by molar-refractivity contribution is 7.99. The van der Waals surface area contributed by atoms with E-state index in [1.54, 1.807) is 20.8 Å². The van der Waals surface area contributed by atoms with Crippen LogP contribution in [0.15, 0.2) is 0 Å². The van der Waals surface area contributed by atoms with Gasteiger partial charge in [-0.05, 0) is 32.9 Å². The molecule has 2 N–H and O–H groups in total. The second-order valence-corrected chi connectivity index (χ2v) is 6.12. The Morgan fingerprint density at radius 2 is 1.89 bits per heavy atom. The van der Waals surface area contributed by atoms with Gasteiger partial charge in [-0.2, -0.15) is 11.8 Å². The molecular formula is C12H21NO5S. The van der Waals surface area contributed by atoms with E-state index < -0.39 is 17.6 Å². The highest BCUT2D eigenvalue weighted by Crippen LogP contribution is 2.11. The number of aliphatic carboxylic acids is 1. The second-order valence-electron chi connectivity index (χ2n) is 5.02. The molecule has 0 saturated heterocycles. The first-order valence-electron chi connectivity index (χ1n) is 5.91. The van der Waals surface area contributed by atoms with Crippen LogP contribution in [0, 0.1) is 0 Å². The standard InChI is InChI=1S/C12H21NO5S/c1-8(14)13-9(11(16)17)5-6-19-7-10(15)18-12(2,3)4/h9H,5-7H2,1-4H3,(H,13,14)(H,16,17). The zero-order valence-corrected chi connectivity index (χ0v) is 12.5. The van der Waals surface area contributed by atoms with Crippen LogP contribution in [0.3, 0.4) is 0 Å². The van der Waals surface area contributed by atoms with Crippen molar-refractivity contribution in [3.63, 3.8) is 0 Å². The van der Waals surface area contributed by atoms with Gasteiger partial charge >= 0.3 is 11.9 Å². The summed E-state index contributed by atoms with van der Waals surface area (Å²) in [5, 5.41) is 11.2. The Labute approximate surface area is 117 Å². The Morgan fingerprint density at radius 1 is 1.32 bits per heavy atom. The van der Waals surface area contributed by atoms with Crippen molar-refractivity contribution >= 4 is 29.6 Å². The molecule has 0 aliphatic heterocycles. The van der Waals surface area contributed by atoms with E-state index in [0.717, 1.165) is 0 Å². The molecule has 0 aromatic rings. The van der Waals surface area contributed by atoms with E-state index in [1.807, 2.05) is 0 Å². The van der Waals surface area contributed by atoms with Gasteiger partial charge in [0.2, 0.25) is 5.91 Å². The van der Waals surface area contributed by atoms with Crippen LogP contribution in [0.4, 0.5) is 0 Å². The molecule has 0 aromatic carbocycles. The molecule has 7 heteroatoms. The van der Waals surface area contributed by atoms with Crippen molar-refractivity contribution in [2.75, 3.05) is 11.5 Å². The Morgan fingerprint density at radius 3 is 2.32 bits per heavy atom. The van der Waals surface area contributed by atoms with Gasteiger partial charge in [0.15, 0.2) is 0 Å². The third-order valence-electron chi connectivity index (χ3n) is 1.87. The lowest BCUT2D eigenvalue weighted by Crippen LogP contribution is -2.40. The molecule has 0 spiro atoms. The quantitative estimate of drug-likeness (QED) is 0.538. The molecule has 0 radical (unpaired) electrons. The minimum atomic E-state index is -1.08. The monoisotopic (exact) mass is 291 g/mol. The van der Waals surface area contributed by atoms with Gasteiger partial charge in [-0.3, -0.25) is 9.59 Å². The normalized spacial score (nSPS) is 12.6. The minimum absolute atomic E-state index is 0.170. The van der Waals surface area contributed by atoms with Crippen molar-refractivity contribution in [2.24, 2.45) is 0 Å². The zero-order valence-electron chi connectivity index (χ0n) is 11.7. The SMILES string of the molecule is CC(=O)NC(CCSCC(=O)OC(C)(C)C)C(=O)O. The van der Waals surface area contributed by atoms with E-state index in [1.165, 1.54) is 18.7 Å². The average Bonchev–Trinajstić information content (AvgIpc) is 2.19. The van der Waals surface area contributed by atoms with E-state index in [2.05, 4.69) is 5.32 Å². The number of thioether (sulfide) groups is 1. The van der Waals surface area contributed by atoms with E-state index in [-0.39, 0.29) is 24.1 Å². The number of carboxylic acid groups (broad SMARTS) is 1. The third-order valence-corrected chi connectivity index (χ3v) is 2.83. The number of hydrogen-bond acceptors (Lipinski definition) is 5. The van der Waals surface area contributed by atoms with Gasteiger partial charge in [-0.1, -0.05) is 0 Å². The maximum Gasteiger partial charge on any atom is 0.326 e. The van der Waals surface area contributed by atoms with Gasteiger partial charge in [0, 0.05) is 6.92 Å². The number of carbonyl (C=O) groups excluding carboxylic acids is 2. The predicted octanol–water partition coefficient (Wildman–Crippen LogP) is 1.04. The van der Waals surface area contributed by atoms with Crippen LogP contribution in [0.1, 0.15) is 34.1 Å². The molecule has 0 heterocycles. The van der Waals surface area contributed by atoms with Gasteiger partial charge in [-0.25, -0.2) is 4.79 Å². The van der Waals surface area contributed by atoms with Crippen LogP contribution < -0.4 is 5.32 Å². The van der Waals surface area contributed by atoms with Crippen molar-refractivity contribution in [3.8, 4) is 0 Å². The van der Waals surface area contributed by atoms with Crippen LogP contribution in [0.2, 0.25) is 0 Å². The molecule has 0 aliphatic rings. The number of amides is 1. The first kappa shape index (κ1) is 17.8. The van der Waals surface area contributed by atoms with Crippen molar-refractivity contribution in [1.82, 2.24) is 5.32 Å². The fourth-order valence-corrected chi connectivity index (χ4v) is 2.00. The lowest BCUT2D eigenvalue weighted by molar-refractivity contribution is -0.151. The molecule has 110 valence electrons. The topological polar surface area (TPSA) is 92.7 Å². The molecule has 1 atom stereocenters. The summed E-state index contributed by atoms with van der Waals surface area (Å²) in [6.07, 6.45) is 0.266. The van der Waals surface area contributed by atoms with Gasteiger partial charge < -0.3 is 15.2 Å². The Bertz CT molecular complexity index is 338. The Balaban J connectivity index is 3.92. The molecule has 0 aromatic heterocycles.